The van der Waals surface area contributed by atoms with Gasteiger partial charge in [-0.15, -0.1) is 0 Å². The van der Waals surface area contributed by atoms with Crippen LogP contribution in [-0.4, -0.2) is 21.8 Å². The number of hydrogen-bond acceptors (Lipinski definition) is 7. The molecule has 0 unspecified atom stereocenters. The number of nitrogens with one attached hydrogen (secondary N) is 1. The summed E-state index contributed by atoms with van der Waals surface area (Å²) in [5, 5.41) is 13.9. The van der Waals surface area contributed by atoms with Crippen LogP contribution in [0.4, 0.5) is 17.2 Å². The van der Waals surface area contributed by atoms with Crippen LogP contribution in [0.1, 0.15) is 22.8 Å². The van der Waals surface area contributed by atoms with Gasteiger partial charge in [0.2, 0.25) is 5.82 Å². The summed E-state index contributed by atoms with van der Waals surface area (Å²) in [6.07, 6.45) is 1.16. The van der Waals surface area contributed by atoms with Crippen molar-refractivity contribution >= 4 is 29.1 Å². The number of anilines is 2. The Kier molecular flexibility index (Phi) is 5.05. The summed E-state index contributed by atoms with van der Waals surface area (Å²) in [6.45, 7) is 1.46. The van der Waals surface area contributed by atoms with Gasteiger partial charge in [-0.05, 0) is 17.7 Å². The SMILES string of the molecule is CC(=O)OCc1ccc(Nc2ncc(C(N)=O)cc2[N+](=O)[O-])cc1. The number of amides is 1. The molecule has 0 radical (unpaired) electrons. The number of carbonyl (C=O) groups excluding carboxylic acids is 2. The Balaban J connectivity index is 2.19. The molecular formula is C15H14N4O5. The molecule has 2 aromatic rings. The van der Waals surface area contributed by atoms with Crippen LogP contribution in [0.25, 0.3) is 0 Å². The largest absolute Gasteiger partial charge is 0.461 e. The van der Waals surface area contributed by atoms with Crippen LogP contribution < -0.4 is 11.1 Å². The van der Waals surface area contributed by atoms with Gasteiger partial charge in [-0.25, -0.2) is 4.98 Å². The standard InChI is InChI=1S/C15H14N4O5/c1-9(20)24-8-10-2-4-12(5-3-10)18-15-13(19(22)23)6-11(7-17-15)14(16)21/h2-7H,8H2,1H3,(H2,16,21)(H,17,18). The minimum atomic E-state index is -0.799. The zero-order valence-electron chi connectivity index (χ0n) is 12.7. The van der Waals surface area contributed by atoms with E-state index in [0.717, 1.165) is 17.8 Å². The highest BCUT2D eigenvalue weighted by Gasteiger charge is 2.18. The van der Waals surface area contributed by atoms with E-state index < -0.39 is 10.8 Å². The van der Waals surface area contributed by atoms with Crippen LogP contribution in [0.15, 0.2) is 36.5 Å². The van der Waals surface area contributed by atoms with Crippen molar-refractivity contribution < 1.29 is 19.2 Å². The smallest absolute Gasteiger partial charge is 0.312 e. The lowest BCUT2D eigenvalue weighted by Crippen LogP contribution is -2.12. The van der Waals surface area contributed by atoms with Crippen molar-refractivity contribution in [1.29, 1.82) is 0 Å². The van der Waals surface area contributed by atoms with Gasteiger partial charge < -0.3 is 15.8 Å². The number of nitrogens with zero attached hydrogens (tertiary/aromatic N) is 2. The molecule has 1 aromatic heterocycles. The Hall–Kier alpha value is -3.49. The number of aromatic nitrogens is 1. The summed E-state index contributed by atoms with van der Waals surface area (Å²) in [4.78, 5) is 36.2. The number of pyridine rings is 1. The quantitative estimate of drug-likeness (QED) is 0.468. The maximum absolute atomic E-state index is 11.1. The number of primary amides is 1. The first kappa shape index (κ1) is 16.9. The molecule has 9 nitrogen and oxygen atoms in total. The Morgan fingerprint density at radius 3 is 2.54 bits per heavy atom. The third-order valence-electron chi connectivity index (χ3n) is 3.01. The molecule has 3 N–H and O–H groups in total. The molecule has 1 heterocycles. The predicted molar refractivity (Wildman–Crippen MR) is 84.6 cm³/mol. The molecule has 124 valence electrons. The van der Waals surface area contributed by atoms with E-state index in [4.69, 9.17) is 10.5 Å². The second kappa shape index (κ2) is 7.18. The molecule has 0 aliphatic rings. The van der Waals surface area contributed by atoms with Gasteiger partial charge in [-0.3, -0.25) is 19.7 Å². The van der Waals surface area contributed by atoms with Crippen LogP contribution >= 0.6 is 0 Å². The molecule has 2 rings (SSSR count). The summed E-state index contributed by atoms with van der Waals surface area (Å²) in [7, 11) is 0. The van der Waals surface area contributed by atoms with Crippen LogP contribution in [0.2, 0.25) is 0 Å². The number of nitro groups is 1. The number of benzene rings is 1. The summed E-state index contributed by atoms with van der Waals surface area (Å²) < 4.78 is 4.87. The molecule has 0 atom stereocenters. The highest BCUT2D eigenvalue weighted by atomic mass is 16.6. The van der Waals surface area contributed by atoms with Gasteiger partial charge in [0.15, 0.2) is 0 Å². The molecule has 0 fully saturated rings. The molecule has 0 saturated heterocycles. The van der Waals surface area contributed by atoms with Crippen LogP contribution in [0, 0.1) is 10.1 Å². The summed E-state index contributed by atoms with van der Waals surface area (Å²) in [5.41, 5.74) is 5.99. The van der Waals surface area contributed by atoms with Crippen molar-refractivity contribution in [3.63, 3.8) is 0 Å². The molecule has 0 bridgehead atoms. The Morgan fingerprint density at radius 2 is 2.00 bits per heavy atom. The molecule has 0 aliphatic carbocycles. The average Bonchev–Trinajstić information content (AvgIpc) is 2.54. The topological polar surface area (TPSA) is 137 Å². The third kappa shape index (κ3) is 4.26. The van der Waals surface area contributed by atoms with E-state index in [-0.39, 0.29) is 29.6 Å². The van der Waals surface area contributed by atoms with Crippen LogP contribution in [0.5, 0.6) is 0 Å². The highest BCUT2D eigenvalue weighted by molar-refractivity contribution is 5.93. The zero-order chi connectivity index (χ0) is 17.7. The number of ether oxygens (including phenoxy) is 1. The van der Waals surface area contributed by atoms with E-state index in [9.17, 15) is 19.7 Å². The fourth-order valence-electron chi connectivity index (χ4n) is 1.83. The lowest BCUT2D eigenvalue weighted by molar-refractivity contribution is -0.384. The highest BCUT2D eigenvalue weighted by Crippen LogP contribution is 2.26. The molecule has 9 heteroatoms. The van der Waals surface area contributed by atoms with Crippen molar-refractivity contribution in [1.82, 2.24) is 4.98 Å². The molecule has 0 saturated carbocycles. The minimum absolute atomic E-state index is 0.0160. The Bertz CT molecular complexity index is 789. The molecule has 24 heavy (non-hydrogen) atoms. The van der Waals surface area contributed by atoms with Gasteiger partial charge in [0.1, 0.15) is 6.61 Å². The Labute approximate surface area is 136 Å². The maximum atomic E-state index is 11.1. The van der Waals surface area contributed by atoms with Gasteiger partial charge in [-0.1, -0.05) is 12.1 Å². The number of carbonyl (C=O) groups is 2. The first-order valence-electron chi connectivity index (χ1n) is 6.80. The fraction of sp³-hybridized carbons (Fsp3) is 0.133. The van der Waals surface area contributed by atoms with Crippen molar-refractivity contribution in [3.8, 4) is 0 Å². The van der Waals surface area contributed by atoms with Gasteiger partial charge >= 0.3 is 11.7 Å². The first-order chi connectivity index (χ1) is 11.4. The lowest BCUT2D eigenvalue weighted by atomic mass is 10.2. The van der Waals surface area contributed by atoms with Crippen molar-refractivity contribution in [3.05, 3.63) is 57.8 Å². The second-order valence-electron chi connectivity index (χ2n) is 4.82. The number of nitrogens with two attached hydrogens (primary N) is 1. The lowest BCUT2D eigenvalue weighted by Gasteiger charge is -2.08. The zero-order valence-corrected chi connectivity index (χ0v) is 12.7. The van der Waals surface area contributed by atoms with Crippen LogP contribution in [0.3, 0.4) is 0 Å². The molecule has 0 spiro atoms. The second-order valence-corrected chi connectivity index (χ2v) is 4.82. The monoisotopic (exact) mass is 330 g/mol. The summed E-state index contributed by atoms with van der Waals surface area (Å²) >= 11 is 0. The van der Waals surface area contributed by atoms with E-state index in [1.807, 2.05) is 0 Å². The Morgan fingerprint density at radius 1 is 1.33 bits per heavy atom. The fourth-order valence-corrected chi connectivity index (χ4v) is 1.83. The van der Waals surface area contributed by atoms with Crippen LogP contribution in [-0.2, 0) is 16.1 Å². The molecule has 0 aliphatic heterocycles. The van der Waals surface area contributed by atoms with Gasteiger partial charge in [0.25, 0.3) is 5.91 Å². The van der Waals surface area contributed by atoms with Crippen molar-refractivity contribution in [2.45, 2.75) is 13.5 Å². The third-order valence-corrected chi connectivity index (χ3v) is 3.01. The van der Waals surface area contributed by atoms with Crippen molar-refractivity contribution in [2.24, 2.45) is 5.73 Å². The maximum Gasteiger partial charge on any atom is 0.312 e. The van der Waals surface area contributed by atoms with E-state index in [2.05, 4.69) is 10.3 Å². The van der Waals surface area contributed by atoms with E-state index in [1.54, 1.807) is 24.3 Å². The average molecular weight is 330 g/mol. The van der Waals surface area contributed by atoms with Gasteiger partial charge in [0, 0.05) is 24.9 Å². The normalized spacial score (nSPS) is 10.0. The van der Waals surface area contributed by atoms with E-state index >= 15 is 0 Å². The number of hydrogen-bond donors (Lipinski definition) is 2. The molecule has 1 amide bonds. The van der Waals surface area contributed by atoms with Gasteiger partial charge in [-0.2, -0.15) is 0 Å². The van der Waals surface area contributed by atoms with E-state index in [1.165, 1.54) is 6.92 Å². The summed E-state index contributed by atoms with van der Waals surface area (Å²) in [5.74, 6) is -1.20. The van der Waals surface area contributed by atoms with E-state index in [0.29, 0.717) is 5.69 Å². The van der Waals surface area contributed by atoms with Crippen molar-refractivity contribution in [2.75, 3.05) is 5.32 Å². The summed E-state index contributed by atoms with van der Waals surface area (Å²) in [6, 6.07) is 7.79. The first-order valence-corrected chi connectivity index (χ1v) is 6.80. The van der Waals surface area contributed by atoms with Gasteiger partial charge in [0.05, 0.1) is 10.5 Å². The predicted octanol–water partition coefficient (Wildman–Crippen LogP) is 1.90. The minimum Gasteiger partial charge on any atom is -0.461 e. The molecular weight excluding hydrogens is 316 g/mol. The number of esters is 1. The number of rotatable bonds is 6. The molecule has 1 aromatic carbocycles.